The zero-order chi connectivity index (χ0) is 18.6. The van der Waals surface area contributed by atoms with Crippen molar-refractivity contribution < 1.29 is 29.0 Å². The summed E-state index contributed by atoms with van der Waals surface area (Å²) in [5.74, 6) is -2.25. The molecular weight excluding hydrogens is 336 g/mol. The van der Waals surface area contributed by atoms with E-state index in [2.05, 4.69) is 0 Å². The van der Waals surface area contributed by atoms with Crippen LogP contribution in [0.1, 0.15) is 34.1 Å². The van der Waals surface area contributed by atoms with E-state index in [1.54, 1.807) is 30.3 Å². The number of carbonyl (C=O) groups excluding carboxylic acids is 3. The van der Waals surface area contributed by atoms with Crippen molar-refractivity contribution in [2.24, 2.45) is 5.92 Å². The second-order valence-electron chi connectivity index (χ2n) is 6.47. The maximum atomic E-state index is 13.1. The van der Waals surface area contributed by atoms with E-state index in [4.69, 9.17) is 9.47 Å². The van der Waals surface area contributed by atoms with E-state index in [1.807, 2.05) is 0 Å². The SMILES string of the molecule is COC1=C2C(=O)c3c(cc4ccccc4c3O)C(=O)C2CC(C(C)=O)O1. The van der Waals surface area contributed by atoms with Crippen LogP contribution < -0.4 is 0 Å². The molecule has 0 aromatic heterocycles. The van der Waals surface area contributed by atoms with E-state index < -0.39 is 17.8 Å². The van der Waals surface area contributed by atoms with Crippen molar-refractivity contribution in [3.63, 3.8) is 0 Å². The fourth-order valence-corrected chi connectivity index (χ4v) is 3.69. The van der Waals surface area contributed by atoms with Gasteiger partial charge in [0.25, 0.3) is 5.95 Å². The monoisotopic (exact) mass is 352 g/mol. The van der Waals surface area contributed by atoms with Crippen molar-refractivity contribution in [3.05, 3.63) is 53.0 Å². The largest absolute Gasteiger partial charge is 0.507 e. The molecule has 2 unspecified atom stereocenters. The number of hydrogen-bond acceptors (Lipinski definition) is 6. The van der Waals surface area contributed by atoms with Gasteiger partial charge in [-0.05, 0) is 18.4 Å². The lowest BCUT2D eigenvalue weighted by molar-refractivity contribution is -0.131. The summed E-state index contributed by atoms with van der Waals surface area (Å²) < 4.78 is 10.6. The molecule has 2 aliphatic rings. The van der Waals surface area contributed by atoms with Crippen molar-refractivity contribution in [1.82, 2.24) is 0 Å². The van der Waals surface area contributed by atoms with Gasteiger partial charge in [0.2, 0.25) is 5.78 Å². The maximum Gasteiger partial charge on any atom is 0.287 e. The molecule has 0 spiro atoms. The first kappa shape index (κ1) is 16.3. The number of aromatic hydroxyl groups is 1. The lowest BCUT2D eigenvalue weighted by atomic mass is 9.73. The van der Waals surface area contributed by atoms with Crippen LogP contribution in [0.15, 0.2) is 41.9 Å². The number of ketones is 3. The molecule has 1 N–H and O–H groups in total. The normalized spacial score (nSPS) is 21.9. The van der Waals surface area contributed by atoms with Crippen LogP contribution in [0.25, 0.3) is 10.8 Å². The first-order valence-corrected chi connectivity index (χ1v) is 8.23. The van der Waals surface area contributed by atoms with Gasteiger partial charge in [0.1, 0.15) is 5.75 Å². The molecule has 2 aromatic carbocycles. The third-order valence-corrected chi connectivity index (χ3v) is 4.98. The molecule has 6 nitrogen and oxygen atoms in total. The zero-order valence-electron chi connectivity index (χ0n) is 14.2. The Morgan fingerprint density at radius 1 is 1.27 bits per heavy atom. The predicted molar refractivity (Wildman–Crippen MR) is 92.0 cm³/mol. The molecule has 132 valence electrons. The second-order valence-corrected chi connectivity index (χ2v) is 6.47. The lowest BCUT2D eigenvalue weighted by Gasteiger charge is -2.34. The summed E-state index contributed by atoms with van der Waals surface area (Å²) >= 11 is 0. The highest BCUT2D eigenvalue weighted by Crippen LogP contribution is 2.44. The molecule has 1 heterocycles. The van der Waals surface area contributed by atoms with Gasteiger partial charge in [0, 0.05) is 17.4 Å². The van der Waals surface area contributed by atoms with Gasteiger partial charge in [-0.3, -0.25) is 14.4 Å². The number of phenols is 1. The molecule has 0 saturated heterocycles. The highest BCUT2D eigenvalue weighted by atomic mass is 16.7. The van der Waals surface area contributed by atoms with Crippen LogP contribution in [0, 0.1) is 5.92 Å². The van der Waals surface area contributed by atoms with Gasteiger partial charge in [0.05, 0.1) is 24.2 Å². The number of fused-ring (bicyclic) bond motifs is 3. The summed E-state index contributed by atoms with van der Waals surface area (Å²) in [5, 5.41) is 11.8. The number of Topliss-reactive ketones (excluding diaryl/α,β-unsaturated/α-hetero) is 3. The maximum absolute atomic E-state index is 13.1. The number of phenolic OH excluding ortho intramolecular Hbond substituents is 1. The Morgan fingerprint density at radius 3 is 2.69 bits per heavy atom. The van der Waals surface area contributed by atoms with E-state index in [9.17, 15) is 19.5 Å². The van der Waals surface area contributed by atoms with Gasteiger partial charge in [-0.1, -0.05) is 24.3 Å². The molecular formula is C20H16O6. The van der Waals surface area contributed by atoms with Crippen LogP contribution in [-0.2, 0) is 14.3 Å². The summed E-state index contributed by atoms with van der Waals surface area (Å²) in [5.41, 5.74) is 0.187. The summed E-state index contributed by atoms with van der Waals surface area (Å²) in [4.78, 5) is 38.0. The predicted octanol–water partition coefficient (Wildman–Crippen LogP) is 2.78. The Balaban J connectivity index is 1.99. The number of ether oxygens (including phenoxy) is 2. The summed E-state index contributed by atoms with van der Waals surface area (Å²) in [6.07, 6.45) is -0.763. The molecule has 2 aromatic rings. The Kier molecular flexibility index (Phi) is 3.57. The van der Waals surface area contributed by atoms with Crippen molar-refractivity contribution in [2.45, 2.75) is 19.4 Å². The van der Waals surface area contributed by atoms with E-state index in [1.165, 1.54) is 14.0 Å². The molecule has 1 aliphatic carbocycles. The van der Waals surface area contributed by atoms with Crippen LogP contribution in [0.4, 0.5) is 0 Å². The van der Waals surface area contributed by atoms with Gasteiger partial charge >= 0.3 is 0 Å². The fourth-order valence-electron chi connectivity index (χ4n) is 3.69. The molecule has 2 atom stereocenters. The highest BCUT2D eigenvalue weighted by molar-refractivity contribution is 6.27. The van der Waals surface area contributed by atoms with Gasteiger partial charge < -0.3 is 14.6 Å². The number of carbonyl (C=O) groups is 3. The number of allylic oxidation sites excluding steroid dienone is 1. The molecule has 1 aliphatic heterocycles. The van der Waals surface area contributed by atoms with Crippen LogP contribution >= 0.6 is 0 Å². The third-order valence-electron chi connectivity index (χ3n) is 4.98. The molecule has 0 saturated carbocycles. The zero-order valence-corrected chi connectivity index (χ0v) is 14.2. The molecule has 6 heteroatoms. The first-order valence-electron chi connectivity index (χ1n) is 8.23. The van der Waals surface area contributed by atoms with E-state index in [-0.39, 0.29) is 46.4 Å². The number of hydrogen-bond donors (Lipinski definition) is 1. The van der Waals surface area contributed by atoms with Crippen LogP contribution in [0.3, 0.4) is 0 Å². The summed E-state index contributed by atoms with van der Waals surface area (Å²) in [7, 11) is 1.31. The van der Waals surface area contributed by atoms with Gasteiger partial charge in [0.15, 0.2) is 17.7 Å². The van der Waals surface area contributed by atoms with Gasteiger partial charge in [-0.25, -0.2) is 0 Å². The molecule has 0 fully saturated rings. The minimum Gasteiger partial charge on any atom is -0.507 e. The fraction of sp³-hybridized carbons (Fsp3) is 0.250. The van der Waals surface area contributed by atoms with Crippen molar-refractivity contribution in [3.8, 4) is 5.75 Å². The Labute approximate surface area is 149 Å². The minimum atomic E-state index is -0.842. The molecule has 0 amide bonds. The van der Waals surface area contributed by atoms with Crippen molar-refractivity contribution >= 4 is 28.1 Å². The minimum absolute atomic E-state index is 0.0422. The Bertz CT molecular complexity index is 1020. The van der Waals surface area contributed by atoms with Gasteiger partial charge in [-0.2, -0.15) is 0 Å². The van der Waals surface area contributed by atoms with E-state index in [0.717, 1.165) is 0 Å². The third kappa shape index (κ3) is 2.15. The smallest absolute Gasteiger partial charge is 0.287 e. The quantitative estimate of drug-likeness (QED) is 0.894. The second kappa shape index (κ2) is 5.69. The average Bonchev–Trinajstić information content (AvgIpc) is 2.64. The summed E-state index contributed by atoms with van der Waals surface area (Å²) in [6.45, 7) is 1.37. The molecule has 26 heavy (non-hydrogen) atoms. The standard InChI is InChI=1S/C20H16O6/c1-9(21)14-8-13-16(20(25-2)26-14)19(24)15-12(17(13)22)7-10-5-3-4-6-11(10)18(15)23/h3-7,13-14,23H,8H2,1-2H3. The number of benzene rings is 2. The lowest BCUT2D eigenvalue weighted by Crippen LogP contribution is -2.40. The van der Waals surface area contributed by atoms with Crippen LogP contribution in [0.5, 0.6) is 5.75 Å². The molecule has 4 rings (SSSR count). The summed E-state index contributed by atoms with van der Waals surface area (Å²) in [6, 6.07) is 8.60. The first-order chi connectivity index (χ1) is 12.4. The van der Waals surface area contributed by atoms with E-state index in [0.29, 0.717) is 10.8 Å². The van der Waals surface area contributed by atoms with E-state index >= 15 is 0 Å². The van der Waals surface area contributed by atoms with Crippen LogP contribution in [0.2, 0.25) is 0 Å². The highest BCUT2D eigenvalue weighted by Gasteiger charge is 2.47. The number of rotatable bonds is 2. The van der Waals surface area contributed by atoms with Gasteiger partial charge in [-0.15, -0.1) is 0 Å². The Hall–Kier alpha value is -3.15. The van der Waals surface area contributed by atoms with Crippen molar-refractivity contribution in [2.75, 3.05) is 7.11 Å². The van der Waals surface area contributed by atoms with Crippen LogP contribution in [-0.4, -0.2) is 35.7 Å². The number of methoxy groups -OCH3 is 1. The molecule has 0 radical (unpaired) electrons. The average molecular weight is 352 g/mol. The van der Waals surface area contributed by atoms with Crippen molar-refractivity contribution in [1.29, 1.82) is 0 Å². The topological polar surface area (TPSA) is 89.9 Å². The molecule has 0 bridgehead atoms. The Morgan fingerprint density at radius 2 is 2.00 bits per heavy atom.